The highest BCUT2D eigenvalue weighted by atomic mass is 16.7. The van der Waals surface area contributed by atoms with Crippen molar-refractivity contribution in [3.63, 3.8) is 0 Å². The first-order valence-electron chi connectivity index (χ1n) is 12.5. The Hall–Kier alpha value is -3.94. The Labute approximate surface area is 217 Å². The van der Waals surface area contributed by atoms with E-state index in [0.717, 1.165) is 50.0 Å². The lowest BCUT2D eigenvalue weighted by Gasteiger charge is -2.32. The van der Waals surface area contributed by atoms with Gasteiger partial charge in [0.05, 0.1) is 23.6 Å². The van der Waals surface area contributed by atoms with Crippen LogP contribution in [0.1, 0.15) is 27.7 Å². The van der Waals surface area contributed by atoms with Crippen molar-refractivity contribution in [3.8, 4) is 44.5 Å². The highest BCUT2D eigenvalue weighted by Gasteiger charge is 2.51. The van der Waals surface area contributed by atoms with Crippen LogP contribution >= 0.6 is 0 Å². The second kappa shape index (κ2) is 8.87. The van der Waals surface area contributed by atoms with E-state index in [4.69, 9.17) is 9.31 Å². The van der Waals surface area contributed by atoms with Crippen LogP contribution < -0.4 is 5.46 Å². The molecular formula is C30H29BN4O2. The molecule has 1 fully saturated rings. The van der Waals surface area contributed by atoms with Gasteiger partial charge in [-0.3, -0.25) is 10.2 Å². The molecule has 0 unspecified atom stereocenters. The SMILES string of the molecule is CC1(C)OB(c2cc(-c3ccccc3-c3cn[nH]c3)cc(-c3ccccc3-c3cn[nH]c3)c2)OC1(C)C. The summed E-state index contributed by atoms with van der Waals surface area (Å²) in [6.45, 7) is 8.33. The second-order valence-electron chi connectivity index (χ2n) is 10.5. The first-order valence-corrected chi connectivity index (χ1v) is 12.5. The normalized spacial score (nSPS) is 16.3. The molecule has 0 bridgehead atoms. The molecule has 0 saturated carbocycles. The second-order valence-corrected chi connectivity index (χ2v) is 10.5. The van der Waals surface area contributed by atoms with Crippen molar-refractivity contribution in [2.45, 2.75) is 38.9 Å². The molecule has 3 heterocycles. The molecule has 0 amide bonds. The molecule has 2 aromatic heterocycles. The van der Waals surface area contributed by atoms with Crippen LogP contribution in [0.2, 0.25) is 0 Å². The first-order chi connectivity index (χ1) is 17.8. The molecule has 2 N–H and O–H groups in total. The van der Waals surface area contributed by atoms with Crippen LogP contribution in [0.4, 0.5) is 0 Å². The topological polar surface area (TPSA) is 75.8 Å². The minimum absolute atomic E-state index is 0.433. The van der Waals surface area contributed by atoms with Gasteiger partial charge in [-0.05, 0) is 72.6 Å². The van der Waals surface area contributed by atoms with Crippen molar-refractivity contribution in [2.75, 3.05) is 0 Å². The smallest absolute Gasteiger partial charge is 0.399 e. The van der Waals surface area contributed by atoms with Gasteiger partial charge in [0, 0.05) is 23.5 Å². The molecule has 3 aromatic carbocycles. The third kappa shape index (κ3) is 4.20. The minimum atomic E-state index is -0.481. The molecule has 5 aromatic rings. The van der Waals surface area contributed by atoms with Crippen molar-refractivity contribution >= 4 is 12.6 Å². The molecule has 1 aliphatic rings. The summed E-state index contributed by atoms with van der Waals surface area (Å²) in [5, 5.41) is 14.2. The molecule has 7 heteroatoms. The summed E-state index contributed by atoms with van der Waals surface area (Å²) < 4.78 is 13.0. The Morgan fingerprint density at radius 3 is 1.38 bits per heavy atom. The molecule has 0 radical (unpaired) electrons. The van der Waals surface area contributed by atoms with E-state index < -0.39 is 18.3 Å². The van der Waals surface area contributed by atoms with E-state index >= 15 is 0 Å². The van der Waals surface area contributed by atoms with Gasteiger partial charge in [0.2, 0.25) is 0 Å². The number of aromatic nitrogens is 4. The summed E-state index contributed by atoms with van der Waals surface area (Å²) in [7, 11) is -0.481. The third-order valence-corrected chi connectivity index (χ3v) is 7.58. The first kappa shape index (κ1) is 23.5. The van der Waals surface area contributed by atoms with E-state index in [9.17, 15) is 0 Å². The van der Waals surface area contributed by atoms with Gasteiger partial charge in [0.15, 0.2) is 0 Å². The maximum absolute atomic E-state index is 6.48. The average Bonchev–Trinajstić information content (AvgIpc) is 3.66. The number of aromatic amines is 2. The molecule has 1 saturated heterocycles. The molecule has 184 valence electrons. The van der Waals surface area contributed by atoms with E-state index in [-0.39, 0.29) is 0 Å². The van der Waals surface area contributed by atoms with Crippen LogP contribution in [0, 0.1) is 0 Å². The lowest BCUT2D eigenvalue weighted by molar-refractivity contribution is 0.00578. The predicted molar refractivity (Wildman–Crippen MR) is 148 cm³/mol. The Balaban J connectivity index is 1.56. The molecular weight excluding hydrogens is 459 g/mol. The molecule has 37 heavy (non-hydrogen) atoms. The molecule has 6 rings (SSSR count). The summed E-state index contributed by atoms with van der Waals surface area (Å²) in [6, 6.07) is 23.4. The van der Waals surface area contributed by atoms with Gasteiger partial charge in [-0.25, -0.2) is 0 Å². The predicted octanol–water partition coefficient (Wildman–Crippen LogP) is 6.10. The van der Waals surface area contributed by atoms with Gasteiger partial charge in [0.25, 0.3) is 0 Å². The monoisotopic (exact) mass is 488 g/mol. The maximum atomic E-state index is 6.48. The van der Waals surface area contributed by atoms with Gasteiger partial charge in [-0.2, -0.15) is 10.2 Å². The Bertz CT molecular complexity index is 1430. The van der Waals surface area contributed by atoms with Crippen LogP contribution in [-0.2, 0) is 9.31 Å². The number of nitrogens with zero attached hydrogens (tertiary/aromatic N) is 2. The Kier molecular flexibility index (Phi) is 5.62. The van der Waals surface area contributed by atoms with Crippen LogP contribution in [0.3, 0.4) is 0 Å². The number of hydrogen-bond donors (Lipinski definition) is 2. The zero-order valence-electron chi connectivity index (χ0n) is 21.4. The van der Waals surface area contributed by atoms with Gasteiger partial charge in [-0.1, -0.05) is 60.7 Å². The van der Waals surface area contributed by atoms with Crippen LogP contribution in [0.25, 0.3) is 44.5 Å². The van der Waals surface area contributed by atoms with Gasteiger partial charge < -0.3 is 9.31 Å². The van der Waals surface area contributed by atoms with Crippen molar-refractivity contribution in [1.82, 2.24) is 20.4 Å². The molecule has 0 spiro atoms. The van der Waals surface area contributed by atoms with E-state index in [1.54, 1.807) is 0 Å². The standard InChI is InChI=1S/C30H29BN4O2/c1-29(2)30(3,4)37-31(36-29)24-14-20(25-9-5-7-11-27(25)22-16-32-33-17-22)13-21(15-24)26-10-6-8-12-28(26)23-18-34-35-19-23/h5-19H,1-4H3,(H,32,33)(H,34,35). The van der Waals surface area contributed by atoms with Crippen LogP contribution in [0.15, 0.2) is 91.5 Å². The van der Waals surface area contributed by atoms with Crippen molar-refractivity contribution < 1.29 is 9.31 Å². The maximum Gasteiger partial charge on any atom is 0.494 e. The summed E-state index contributed by atoms with van der Waals surface area (Å²) in [5.41, 5.74) is 8.81. The van der Waals surface area contributed by atoms with E-state index in [1.165, 1.54) is 0 Å². The fourth-order valence-electron chi connectivity index (χ4n) is 4.85. The number of benzene rings is 3. The largest absolute Gasteiger partial charge is 0.494 e. The molecule has 1 aliphatic heterocycles. The van der Waals surface area contributed by atoms with Crippen molar-refractivity contribution in [1.29, 1.82) is 0 Å². The van der Waals surface area contributed by atoms with Crippen LogP contribution in [0.5, 0.6) is 0 Å². The van der Waals surface area contributed by atoms with Gasteiger partial charge >= 0.3 is 7.12 Å². The summed E-state index contributed by atoms with van der Waals surface area (Å²) in [6.07, 6.45) is 7.55. The summed E-state index contributed by atoms with van der Waals surface area (Å²) in [4.78, 5) is 0. The number of H-pyrrole nitrogens is 2. The van der Waals surface area contributed by atoms with Gasteiger partial charge in [-0.15, -0.1) is 0 Å². The lowest BCUT2D eigenvalue weighted by Crippen LogP contribution is -2.41. The van der Waals surface area contributed by atoms with E-state index in [2.05, 4.69) is 115 Å². The average molecular weight is 488 g/mol. The molecule has 0 aliphatic carbocycles. The number of rotatable bonds is 5. The third-order valence-electron chi connectivity index (χ3n) is 7.58. The zero-order chi connectivity index (χ0) is 25.6. The van der Waals surface area contributed by atoms with Crippen molar-refractivity contribution in [2.24, 2.45) is 0 Å². The summed E-state index contributed by atoms with van der Waals surface area (Å²) in [5.74, 6) is 0. The van der Waals surface area contributed by atoms with E-state index in [0.29, 0.717) is 0 Å². The van der Waals surface area contributed by atoms with Crippen LogP contribution in [-0.4, -0.2) is 38.7 Å². The quantitative estimate of drug-likeness (QED) is 0.293. The van der Waals surface area contributed by atoms with Crippen molar-refractivity contribution in [3.05, 3.63) is 91.5 Å². The molecule has 0 atom stereocenters. The van der Waals surface area contributed by atoms with Gasteiger partial charge in [0.1, 0.15) is 0 Å². The Morgan fingerprint density at radius 1 is 0.595 bits per heavy atom. The highest BCUT2D eigenvalue weighted by molar-refractivity contribution is 6.62. The number of hydrogen-bond acceptors (Lipinski definition) is 4. The summed E-state index contributed by atoms with van der Waals surface area (Å²) >= 11 is 0. The highest BCUT2D eigenvalue weighted by Crippen LogP contribution is 2.39. The number of nitrogens with one attached hydrogen (secondary N) is 2. The zero-order valence-corrected chi connectivity index (χ0v) is 21.4. The molecule has 6 nitrogen and oxygen atoms in total. The fourth-order valence-corrected chi connectivity index (χ4v) is 4.85. The lowest BCUT2D eigenvalue weighted by atomic mass is 9.75. The van der Waals surface area contributed by atoms with E-state index in [1.807, 2.05) is 24.8 Å². The Morgan fingerprint density at radius 2 is 1.00 bits per heavy atom. The minimum Gasteiger partial charge on any atom is -0.399 e. The fraction of sp³-hybridized carbons (Fsp3) is 0.200.